The lowest BCUT2D eigenvalue weighted by molar-refractivity contribution is 0.0958. The molecule has 1 aromatic heterocycles. The van der Waals surface area contributed by atoms with Crippen LogP contribution in [0.4, 0.5) is 0 Å². The summed E-state index contributed by atoms with van der Waals surface area (Å²) in [5.74, 6) is -0.235. The largest absolute Gasteiger partial charge is 0.351 e. The second kappa shape index (κ2) is 6.99. The van der Waals surface area contributed by atoms with Gasteiger partial charge in [-0.05, 0) is 34.5 Å². The van der Waals surface area contributed by atoms with E-state index >= 15 is 0 Å². The molecular formula is C16H18Cl2N2OS. The summed E-state index contributed by atoms with van der Waals surface area (Å²) in [4.78, 5) is 12.3. The second-order valence-corrected chi connectivity index (χ2v) is 7.58. The van der Waals surface area contributed by atoms with Gasteiger partial charge >= 0.3 is 0 Å². The molecule has 0 atom stereocenters. The first-order chi connectivity index (χ1) is 10.3. The number of amides is 1. The van der Waals surface area contributed by atoms with Gasteiger partial charge in [-0.2, -0.15) is 4.37 Å². The third-order valence-corrected chi connectivity index (χ3v) is 5.12. The molecule has 3 nitrogen and oxygen atoms in total. The smallest absolute Gasteiger partial charge is 0.264 e. The maximum Gasteiger partial charge on any atom is 0.264 e. The van der Waals surface area contributed by atoms with E-state index in [1.54, 1.807) is 0 Å². The average Bonchev–Trinajstić information content (AvgIpc) is 2.78. The molecule has 1 amide bonds. The summed E-state index contributed by atoms with van der Waals surface area (Å²) in [5.41, 5.74) is 2.63. The number of aromatic nitrogens is 1. The van der Waals surface area contributed by atoms with Crippen molar-refractivity contribution in [1.29, 1.82) is 0 Å². The standard InChI is InChI=1S/C16H18Cl2N2OS/c1-16(2,3)11-6-4-10(5-7-11)8-9-19-15(21)13-12(17)14(18)20-22-13/h4-7H,8-9H2,1-3H3,(H,19,21). The maximum atomic E-state index is 12.0. The van der Waals surface area contributed by atoms with Gasteiger partial charge in [0, 0.05) is 6.54 Å². The topological polar surface area (TPSA) is 42.0 Å². The molecule has 0 saturated carbocycles. The first kappa shape index (κ1) is 17.3. The van der Waals surface area contributed by atoms with E-state index in [1.165, 1.54) is 11.1 Å². The molecule has 2 rings (SSSR count). The molecule has 0 saturated heterocycles. The van der Waals surface area contributed by atoms with Crippen LogP contribution in [0.5, 0.6) is 0 Å². The molecule has 0 aliphatic rings. The molecular weight excluding hydrogens is 339 g/mol. The Morgan fingerprint density at radius 2 is 1.86 bits per heavy atom. The van der Waals surface area contributed by atoms with Gasteiger partial charge in [-0.1, -0.05) is 68.2 Å². The first-order valence-electron chi connectivity index (χ1n) is 6.97. The molecule has 0 aliphatic carbocycles. The molecule has 6 heteroatoms. The highest BCUT2D eigenvalue weighted by molar-refractivity contribution is 7.09. The number of hydrogen-bond donors (Lipinski definition) is 1. The summed E-state index contributed by atoms with van der Waals surface area (Å²) < 4.78 is 3.85. The van der Waals surface area contributed by atoms with E-state index in [2.05, 4.69) is 54.7 Å². The number of nitrogens with zero attached hydrogens (tertiary/aromatic N) is 1. The maximum absolute atomic E-state index is 12.0. The molecule has 1 heterocycles. The second-order valence-electron chi connectivity index (χ2n) is 6.07. The zero-order valence-electron chi connectivity index (χ0n) is 12.7. The van der Waals surface area contributed by atoms with Gasteiger partial charge in [-0.3, -0.25) is 4.79 Å². The van der Waals surface area contributed by atoms with Crippen LogP contribution in [0.25, 0.3) is 0 Å². The lowest BCUT2D eigenvalue weighted by Crippen LogP contribution is -2.25. The summed E-state index contributed by atoms with van der Waals surface area (Å²) in [6.45, 7) is 7.10. The van der Waals surface area contributed by atoms with Crippen molar-refractivity contribution in [3.63, 3.8) is 0 Å². The van der Waals surface area contributed by atoms with Crippen LogP contribution in [0.3, 0.4) is 0 Å². The van der Waals surface area contributed by atoms with Crippen LogP contribution >= 0.6 is 34.7 Å². The van der Waals surface area contributed by atoms with E-state index in [1.807, 2.05) is 0 Å². The van der Waals surface area contributed by atoms with Gasteiger partial charge in [-0.15, -0.1) is 0 Å². The molecule has 0 unspecified atom stereocenters. The zero-order valence-corrected chi connectivity index (χ0v) is 15.1. The van der Waals surface area contributed by atoms with Crippen molar-refractivity contribution in [2.75, 3.05) is 6.54 Å². The summed E-state index contributed by atoms with van der Waals surface area (Å²) >= 11 is 12.7. The van der Waals surface area contributed by atoms with Gasteiger partial charge < -0.3 is 5.32 Å². The lowest BCUT2D eigenvalue weighted by Gasteiger charge is -2.19. The van der Waals surface area contributed by atoms with Crippen molar-refractivity contribution >= 4 is 40.6 Å². The van der Waals surface area contributed by atoms with Crippen molar-refractivity contribution in [3.8, 4) is 0 Å². The van der Waals surface area contributed by atoms with Crippen LogP contribution in [0.15, 0.2) is 24.3 Å². The molecule has 1 aromatic carbocycles. The average molecular weight is 357 g/mol. The van der Waals surface area contributed by atoms with Crippen molar-refractivity contribution in [2.24, 2.45) is 0 Å². The minimum atomic E-state index is -0.235. The number of rotatable bonds is 4. The lowest BCUT2D eigenvalue weighted by atomic mass is 9.86. The number of halogens is 2. The fourth-order valence-electron chi connectivity index (χ4n) is 1.97. The number of benzene rings is 1. The van der Waals surface area contributed by atoms with Crippen molar-refractivity contribution < 1.29 is 4.79 Å². The van der Waals surface area contributed by atoms with E-state index in [0.29, 0.717) is 11.4 Å². The van der Waals surface area contributed by atoms with E-state index in [-0.39, 0.29) is 21.5 Å². The van der Waals surface area contributed by atoms with Crippen LogP contribution in [0, 0.1) is 0 Å². The van der Waals surface area contributed by atoms with Crippen LogP contribution in [-0.4, -0.2) is 16.8 Å². The number of nitrogens with one attached hydrogen (secondary N) is 1. The Hall–Kier alpha value is -1.10. The monoisotopic (exact) mass is 356 g/mol. The minimum Gasteiger partial charge on any atom is -0.351 e. The van der Waals surface area contributed by atoms with Gasteiger partial charge in [0.25, 0.3) is 5.91 Å². The predicted molar refractivity (Wildman–Crippen MR) is 93.3 cm³/mol. The highest BCUT2D eigenvalue weighted by atomic mass is 35.5. The highest BCUT2D eigenvalue weighted by Crippen LogP contribution is 2.28. The zero-order chi connectivity index (χ0) is 16.3. The molecule has 22 heavy (non-hydrogen) atoms. The summed E-state index contributed by atoms with van der Waals surface area (Å²) in [5, 5.41) is 3.23. The van der Waals surface area contributed by atoms with Crippen LogP contribution < -0.4 is 5.32 Å². The molecule has 2 aromatic rings. The third kappa shape index (κ3) is 4.22. The Morgan fingerprint density at radius 3 is 2.36 bits per heavy atom. The molecule has 1 N–H and O–H groups in total. The van der Waals surface area contributed by atoms with Crippen LogP contribution in [0.1, 0.15) is 41.6 Å². The van der Waals surface area contributed by atoms with E-state index < -0.39 is 0 Å². The van der Waals surface area contributed by atoms with Gasteiger partial charge in [0.2, 0.25) is 0 Å². The van der Waals surface area contributed by atoms with Gasteiger partial charge in [-0.25, -0.2) is 0 Å². The van der Waals surface area contributed by atoms with Crippen molar-refractivity contribution in [1.82, 2.24) is 9.69 Å². The summed E-state index contributed by atoms with van der Waals surface area (Å²) in [6, 6.07) is 8.47. The van der Waals surface area contributed by atoms with Crippen LogP contribution in [-0.2, 0) is 11.8 Å². The SMILES string of the molecule is CC(C)(C)c1ccc(CCNC(=O)c2snc(Cl)c2Cl)cc1. The Labute approximate surface area is 144 Å². The fraction of sp³-hybridized carbons (Fsp3) is 0.375. The van der Waals surface area contributed by atoms with Gasteiger partial charge in [0.05, 0.1) is 0 Å². The van der Waals surface area contributed by atoms with E-state index in [9.17, 15) is 4.79 Å². The molecule has 0 radical (unpaired) electrons. The van der Waals surface area contributed by atoms with Crippen molar-refractivity contribution in [3.05, 3.63) is 50.4 Å². The Morgan fingerprint density at radius 1 is 1.23 bits per heavy atom. The van der Waals surface area contributed by atoms with Crippen LogP contribution in [0.2, 0.25) is 10.2 Å². The predicted octanol–water partition coefficient (Wildman–Crippen LogP) is 4.72. The quantitative estimate of drug-likeness (QED) is 0.860. The fourth-order valence-corrected chi connectivity index (χ4v) is 3.10. The Balaban J connectivity index is 1.89. The summed E-state index contributed by atoms with van der Waals surface area (Å²) in [6.07, 6.45) is 0.764. The van der Waals surface area contributed by atoms with E-state index in [4.69, 9.17) is 23.2 Å². The molecule has 0 bridgehead atoms. The molecule has 118 valence electrons. The molecule has 0 spiro atoms. The highest BCUT2D eigenvalue weighted by Gasteiger charge is 2.17. The minimum absolute atomic E-state index is 0.148. The first-order valence-corrected chi connectivity index (χ1v) is 8.50. The van der Waals surface area contributed by atoms with Gasteiger partial charge in [0.15, 0.2) is 5.15 Å². The van der Waals surface area contributed by atoms with Gasteiger partial charge in [0.1, 0.15) is 9.90 Å². The number of carbonyl (C=O) groups is 1. The van der Waals surface area contributed by atoms with E-state index in [0.717, 1.165) is 18.0 Å². The molecule has 0 aliphatic heterocycles. The third-order valence-electron chi connectivity index (χ3n) is 3.32. The number of hydrogen-bond acceptors (Lipinski definition) is 3. The Kier molecular flexibility index (Phi) is 5.48. The normalized spacial score (nSPS) is 11.5. The van der Waals surface area contributed by atoms with Crippen molar-refractivity contribution in [2.45, 2.75) is 32.6 Å². The summed E-state index contributed by atoms with van der Waals surface area (Å²) in [7, 11) is 0. The Bertz CT molecular complexity index is 660. The number of carbonyl (C=O) groups excluding carboxylic acids is 1. The molecule has 0 fully saturated rings.